The fourth-order valence-electron chi connectivity index (χ4n) is 2.50. The molecule has 100 valence electrons. The van der Waals surface area contributed by atoms with Crippen molar-refractivity contribution in [1.29, 1.82) is 0 Å². The predicted octanol–water partition coefficient (Wildman–Crippen LogP) is 3.80. The van der Waals surface area contributed by atoms with Crippen LogP contribution in [-0.4, -0.2) is 10.7 Å². The number of alkyl halides is 1. The van der Waals surface area contributed by atoms with E-state index in [9.17, 15) is 13.6 Å². The van der Waals surface area contributed by atoms with E-state index in [-0.39, 0.29) is 11.5 Å². The summed E-state index contributed by atoms with van der Waals surface area (Å²) in [5.74, 6) is -0.466. The summed E-state index contributed by atoms with van der Waals surface area (Å²) in [6.07, 6.45) is 1.24. The predicted molar refractivity (Wildman–Crippen MR) is 73.9 cm³/mol. The van der Waals surface area contributed by atoms with Gasteiger partial charge in [-0.05, 0) is 41.4 Å². The number of rotatable bonds is 1. The molecule has 1 heterocycles. The van der Waals surface area contributed by atoms with E-state index in [4.69, 9.17) is 0 Å². The lowest BCUT2D eigenvalue weighted by atomic mass is 10.1. The molecular weight excluding hydrogens is 316 g/mol. The summed E-state index contributed by atoms with van der Waals surface area (Å²) >= 11 is 3.18. The highest BCUT2D eigenvalue weighted by Gasteiger charge is 2.40. The van der Waals surface area contributed by atoms with Crippen LogP contribution in [0.2, 0.25) is 0 Å². The van der Waals surface area contributed by atoms with Crippen LogP contribution in [0.5, 0.6) is 0 Å². The van der Waals surface area contributed by atoms with Gasteiger partial charge in [-0.1, -0.05) is 0 Å². The SMILES string of the molecule is Cc1cn([C@@H]2C[C@@H]2F)c2c(C)c(Br)c(F)cc2c1=O. The Hall–Kier alpha value is -1.23. The monoisotopic (exact) mass is 327 g/mol. The second-order valence-corrected chi connectivity index (χ2v) is 5.85. The van der Waals surface area contributed by atoms with E-state index in [0.717, 1.165) is 0 Å². The zero-order valence-electron chi connectivity index (χ0n) is 10.5. The van der Waals surface area contributed by atoms with Crippen molar-refractivity contribution >= 4 is 26.8 Å². The Balaban J connectivity index is 2.47. The van der Waals surface area contributed by atoms with Gasteiger partial charge in [-0.2, -0.15) is 0 Å². The van der Waals surface area contributed by atoms with Gasteiger partial charge >= 0.3 is 0 Å². The lowest BCUT2D eigenvalue weighted by Crippen LogP contribution is -2.14. The number of hydrogen-bond donors (Lipinski definition) is 0. The number of aryl methyl sites for hydroxylation is 2. The molecule has 3 rings (SSSR count). The molecule has 1 saturated carbocycles. The van der Waals surface area contributed by atoms with Gasteiger partial charge in [0, 0.05) is 23.6 Å². The minimum atomic E-state index is -0.881. The van der Waals surface area contributed by atoms with Crippen LogP contribution >= 0.6 is 15.9 Å². The number of aromatic nitrogens is 1. The molecule has 0 saturated heterocycles. The van der Waals surface area contributed by atoms with Gasteiger partial charge in [0.25, 0.3) is 0 Å². The Kier molecular flexibility index (Phi) is 2.78. The third kappa shape index (κ3) is 1.83. The number of hydrogen-bond acceptors (Lipinski definition) is 1. The van der Waals surface area contributed by atoms with Crippen LogP contribution in [0.25, 0.3) is 10.9 Å². The molecule has 1 aromatic carbocycles. The van der Waals surface area contributed by atoms with Crippen molar-refractivity contribution in [3.05, 3.63) is 43.9 Å². The standard InChI is InChI=1S/C14H12BrF2NO/c1-6-5-18(11-4-9(11)16)13-7(2)12(15)10(17)3-8(13)14(6)19/h3,5,9,11H,4H2,1-2H3/t9-,11+/m0/s1. The van der Waals surface area contributed by atoms with Crippen LogP contribution in [0, 0.1) is 19.7 Å². The van der Waals surface area contributed by atoms with Crippen LogP contribution in [0.1, 0.15) is 23.6 Å². The second kappa shape index (κ2) is 4.13. The van der Waals surface area contributed by atoms with Gasteiger partial charge < -0.3 is 4.57 Å². The quantitative estimate of drug-likeness (QED) is 0.780. The topological polar surface area (TPSA) is 22.0 Å². The number of nitrogens with zero attached hydrogens (tertiary/aromatic N) is 1. The van der Waals surface area contributed by atoms with E-state index in [1.54, 1.807) is 24.6 Å². The summed E-state index contributed by atoms with van der Waals surface area (Å²) < 4.78 is 29.2. The van der Waals surface area contributed by atoms with Crippen LogP contribution in [0.4, 0.5) is 8.78 Å². The summed E-state index contributed by atoms with van der Waals surface area (Å²) in [7, 11) is 0. The van der Waals surface area contributed by atoms with Crippen molar-refractivity contribution in [1.82, 2.24) is 4.57 Å². The lowest BCUT2D eigenvalue weighted by Gasteiger charge is -2.15. The molecule has 2 nitrogen and oxygen atoms in total. The van der Waals surface area contributed by atoms with Crippen LogP contribution in [0.3, 0.4) is 0 Å². The molecule has 1 aliphatic carbocycles. The molecular formula is C14H12BrF2NO. The Morgan fingerprint density at radius 2 is 2.05 bits per heavy atom. The summed E-state index contributed by atoms with van der Waals surface area (Å²) in [5, 5.41) is 0.317. The minimum Gasteiger partial charge on any atom is -0.341 e. The first-order valence-electron chi connectivity index (χ1n) is 6.06. The molecule has 1 fully saturated rings. The average molecular weight is 328 g/mol. The maximum absolute atomic E-state index is 13.8. The van der Waals surface area contributed by atoms with Gasteiger partial charge in [0.15, 0.2) is 5.43 Å². The van der Waals surface area contributed by atoms with Gasteiger partial charge in [-0.25, -0.2) is 8.78 Å². The molecule has 2 atom stereocenters. The van der Waals surface area contributed by atoms with Crippen molar-refractivity contribution in [2.24, 2.45) is 0 Å². The maximum Gasteiger partial charge on any atom is 0.192 e. The zero-order valence-corrected chi connectivity index (χ0v) is 12.1. The van der Waals surface area contributed by atoms with Crippen LogP contribution in [0.15, 0.2) is 21.5 Å². The van der Waals surface area contributed by atoms with Crippen molar-refractivity contribution < 1.29 is 8.78 Å². The largest absolute Gasteiger partial charge is 0.341 e. The first-order chi connectivity index (χ1) is 8.91. The molecule has 0 radical (unpaired) electrons. The van der Waals surface area contributed by atoms with E-state index >= 15 is 0 Å². The Bertz CT molecular complexity index is 753. The summed E-state index contributed by atoms with van der Waals surface area (Å²) in [6.45, 7) is 3.40. The molecule has 0 aliphatic heterocycles. The summed E-state index contributed by atoms with van der Waals surface area (Å²) in [6, 6.07) is 0.992. The van der Waals surface area contributed by atoms with Gasteiger partial charge in [0.2, 0.25) is 0 Å². The fraction of sp³-hybridized carbons (Fsp3) is 0.357. The molecule has 0 bridgehead atoms. The number of halogens is 3. The highest BCUT2D eigenvalue weighted by atomic mass is 79.9. The molecule has 0 spiro atoms. The third-order valence-electron chi connectivity index (χ3n) is 3.65. The number of pyridine rings is 1. The van der Waals surface area contributed by atoms with Crippen molar-refractivity contribution in [3.63, 3.8) is 0 Å². The summed E-state index contributed by atoms with van der Waals surface area (Å²) in [5.41, 5.74) is 1.56. The fourth-order valence-corrected chi connectivity index (χ4v) is 2.80. The third-order valence-corrected chi connectivity index (χ3v) is 4.63. The number of benzene rings is 1. The van der Waals surface area contributed by atoms with E-state index in [1.165, 1.54) is 6.07 Å². The van der Waals surface area contributed by atoms with Gasteiger partial charge in [-0.15, -0.1) is 0 Å². The highest BCUT2D eigenvalue weighted by molar-refractivity contribution is 9.10. The number of fused-ring (bicyclic) bond motifs is 1. The Labute approximate surface area is 117 Å². The normalized spacial score (nSPS) is 21.9. The smallest absolute Gasteiger partial charge is 0.192 e. The molecule has 0 unspecified atom stereocenters. The van der Waals surface area contributed by atoms with Gasteiger partial charge in [0.05, 0.1) is 16.0 Å². The minimum absolute atomic E-state index is 0.197. The first kappa shape index (κ1) is 12.8. The van der Waals surface area contributed by atoms with Crippen molar-refractivity contribution in [2.45, 2.75) is 32.5 Å². The zero-order chi connectivity index (χ0) is 13.9. The van der Waals surface area contributed by atoms with E-state index < -0.39 is 12.0 Å². The van der Waals surface area contributed by atoms with Crippen LogP contribution in [-0.2, 0) is 0 Å². The molecule has 5 heteroatoms. The van der Waals surface area contributed by atoms with Crippen molar-refractivity contribution in [2.75, 3.05) is 0 Å². The summed E-state index contributed by atoms with van der Waals surface area (Å²) in [4.78, 5) is 12.1. The molecule has 0 amide bonds. The van der Waals surface area contributed by atoms with Crippen molar-refractivity contribution in [3.8, 4) is 0 Å². The molecule has 1 aromatic heterocycles. The molecule has 0 N–H and O–H groups in total. The Morgan fingerprint density at radius 3 is 2.63 bits per heavy atom. The highest BCUT2D eigenvalue weighted by Crippen LogP contribution is 2.41. The van der Waals surface area contributed by atoms with Crippen LogP contribution < -0.4 is 5.43 Å². The maximum atomic E-state index is 13.8. The molecule has 1 aliphatic rings. The molecule has 19 heavy (non-hydrogen) atoms. The second-order valence-electron chi connectivity index (χ2n) is 5.06. The lowest BCUT2D eigenvalue weighted by molar-refractivity contribution is 0.444. The van der Waals surface area contributed by atoms with E-state index in [2.05, 4.69) is 15.9 Å². The average Bonchev–Trinajstić information content (AvgIpc) is 3.08. The van der Waals surface area contributed by atoms with Gasteiger partial charge in [-0.3, -0.25) is 4.79 Å². The molecule has 2 aromatic rings. The van der Waals surface area contributed by atoms with E-state index in [1.807, 2.05) is 0 Å². The Morgan fingerprint density at radius 1 is 1.42 bits per heavy atom. The first-order valence-corrected chi connectivity index (χ1v) is 6.85. The van der Waals surface area contributed by atoms with Gasteiger partial charge in [0.1, 0.15) is 12.0 Å². The van der Waals surface area contributed by atoms with E-state index in [0.29, 0.717) is 32.9 Å².